The molecule has 0 aliphatic carbocycles. The SMILES string of the molecule is Nc1cc2c(cc1C(=O)/C=C/c1ccccc1Cl)OCO2. The van der Waals surface area contributed by atoms with Crippen molar-refractivity contribution in [3.63, 3.8) is 0 Å². The highest BCUT2D eigenvalue weighted by molar-refractivity contribution is 6.32. The standard InChI is InChI=1S/C16H12ClNO3/c17-12-4-2-1-3-10(12)5-6-14(19)11-7-15-16(8-13(11)18)21-9-20-15/h1-8H,9,18H2/b6-5+. The second kappa shape index (κ2) is 5.50. The van der Waals surface area contributed by atoms with E-state index < -0.39 is 0 Å². The smallest absolute Gasteiger partial charge is 0.231 e. The van der Waals surface area contributed by atoms with Crippen LogP contribution in [0.3, 0.4) is 0 Å². The lowest BCUT2D eigenvalue weighted by molar-refractivity contribution is 0.104. The fraction of sp³-hybridized carbons (Fsp3) is 0.0625. The molecule has 0 aromatic heterocycles. The Morgan fingerprint density at radius 3 is 2.67 bits per heavy atom. The van der Waals surface area contributed by atoms with Gasteiger partial charge in [-0.2, -0.15) is 0 Å². The van der Waals surface area contributed by atoms with E-state index in [1.54, 1.807) is 24.3 Å². The minimum atomic E-state index is -0.217. The normalized spacial score (nSPS) is 12.8. The largest absolute Gasteiger partial charge is 0.454 e. The maximum atomic E-state index is 12.2. The van der Waals surface area contributed by atoms with Crippen LogP contribution in [0.25, 0.3) is 6.08 Å². The van der Waals surface area contributed by atoms with Gasteiger partial charge in [0.15, 0.2) is 17.3 Å². The molecular formula is C16H12ClNO3. The summed E-state index contributed by atoms with van der Waals surface area (Å²) in [6.45, 7) is 0.141. The zero-order chi connectivity index (χ0) is 14.8. The maximum absolute atomic E-state index is 12.2. The predicted octanol–water partition coefficient (Wildman–Crippen LogP) is 3.55. The Bertz CT molecular complexity index is 740. The van der Waals surface area contributed by atoms with E-state index in [-0.39, 0.29) is 12.6 Å². The predicted molar refractivity (Wildman–Crippen MR) is 81.8 cm³/mol. The molecule has 0 atom stereocenters. The maximum Gasteiger partial charge on any atom is 0.231 e. The van der Waals surface area contributed by atoms with Crippen molar-refractivity contribution in [1.29, 1.82) is 0 Å². The molecule has 1 heterocycles. The van der Waals surface area contributed by atoms with Crippen LogP contribution in [0.15, 0.2) is 42.5 Å². The molecule has 0 radical (unpaired) electrons. The zero-order valence-electron chi connectivity index (χ0n) is 11.0. The molecule has 2 aromatic carbocycles. The molecular weight excluding hydrogens is 290 g/mol. The number of benzene rings is 2. The highest BCUT2D eigenvalue weighted by Crippen LogP contribution is 2.36. The average molecular weight is 302 g/mol. The van der Waals surface area contributed by atoms with Gasteiger partial charge in [-0.15, -0.1) is 0 Å². The molecule has 5 heteroatoms. The molecule has 1 aliphatic heterocycles. The van der Waals surface area contributed by atoms with Crippen LogP contribution in [0.2, 0.25) is 5.02 Å². The molecule has 0 amide bonds. The third kappa shape index (κ3) is 2.71. The zero-order valence-corrected chi connectivity index (χ0v) is 11.8. The third-order valence-corrected chi connectivity index (χ3v) is 3.47. The van der Waals surface area contributed by atoms with E-state index in [0.717, 1.165) is 5.56 Å². The van der Waals surface area contributed by atoms with Gasteiger partial charge in [0.2, 0.25) is 6.79 Å². The van der Waals surface area contributed by atoms with Crippen molar-refractivity contribution in [3.8, 4) is 11.5 Å². The van der Waals surface area contributed by atoms with E-state index in [9.17, 15) is 4.79 Å². The van der Waals surface area contributed by atoms with E-state index in [0.29, 0.717) is 27.8 Å². The Kier molecular flexibility index (Phi) is 3.54. The van der Waals surface area contributed by atoms with Crippen molar-refractivity contribution >= 4 is 29.1 Å². The molecule has 3 rings (SSSR count). The van der Waals surface area contributed by atoms with Crippen molar-refractivity contribution in [1.82, 2.24) is 0 Å². The van der Waals surface area contributed by atoms with Crippen molar-refractivity contribution in [2.45, 2.75) is 0 Å². The van der Waals surface area contributed by atoms with Gasteiger partial charge in [-0.25, -0.2) is 0 Å². The first-order valence-electron chi connectivity index (χ1n) is 6.31. The average Bonchev–Trinajstić information content (AvgIpc) is 2.92. The summed E-state index contributed by atoms with van der Waals surface area (Å²) in [5.41, 5.74) is 7.38. The van der Waals surface area contributed by atoms with Crippen molar-refractivity contribution < 1.29 is 14.3 Å². The molecule has 21 heavy (non-hydrogen) atoms. The molecule has 0 saturated carbocycles. The minimum absolute atomic E-state index is 0.141. The fourth-order valence-corrected chi connectivity index (χ4v) is 2.24. The van der Waals surface area contributed by atoms with Crippen molar-refractivity contribution in [3.05, 3.63) is 58.6 Å². The number of nitrogens with two attached hydrogens (primary N) is 1. The van der Waals surface area contributed by atoms with Gasteiger partial charge in [-0.3, -0.25) is 4.79 Å². The second-order valence-electron chi connectivity index (χ2n) is 4.51. The Morgan fingerprint density at radius 2 is 1.90 bits per heavy atom. The molecule has 1 aliphatic rings. The van der Waals surface area contributed by atoms with Crippen LogP contribution in [0, 0.1) is 0 Å². The number of allylic oxidation sites excluding steroid dienone is 1. The summed E-state index contributed by atoms with van der Waals surface area (Å²) < 4.78 is 10.5. The summed E-state index contributed by atoms with van der Waals surface area (Å²) in [5.74, 6) is 0.864. The van der Waals surface area contributed by atoms with Crippen LogP contribution < -0.4 is 15.2 Å². The number of halogens is 1. The summed E-state index contributed by atoms with van der Waals surface area (Å²) in [7, 11) is 0. The van der Waals surface area contributed by atoms with Gasteiger partial charge < -0.3 is 15.2 Å². The monoisotopic (exact) mass is 301 g/mol. The third-order valence-electron chi connectivity index (χ3n) is 3.13. The molecule has 0 fully saturated rings. The van der Waals surface area contributed by atoms with Crippen LogP contribution in [0.5, 0.6) is 11.5 Å². The van der Waals surface area contributed by atoms with Crippen LogP contribution in [-0.2, 0) is 0 Å². The number of hydrogen-bond acceptors (Lipinski definition) is 4. The molecule has 2 aromatic rings. The number of nitrogen functional groups attached to an aromatic ring is 1. The first-order chi connectivity index (χ1) is 10.1. The first kappa shape index (κ1) is 13.5. The number of carbonyl (C=O) groups excluding carboxylic acids is 1. The topological polar surface area (TPSA) is 61.6 Å². The lowest BCUT2D eigenvalue weighted by Gasteiger charge is -2.04. The number of ether oxygens (including phenoxy) is 2. The quantitative estimate of drug-likeness (QED) is 0.535. The Hall–Kier alpha value is -2.46. The number of rotatable bonds is 3. The van der Waals surface area contributed by atoms with Crippen molar-refractivity contribution in [2.24, 2.45) is 0 Å². The molecule has 0 spiro atoms. The summed E-state index contributed by atoms with van der Waals surface area (Å²) in [6, 6.07) is 10.5. The Morgan fingerprint density at radius 1 is 1.19 bits per heavy atom. The highest BCUT2D eigenvalue weighted by Gasteiger charge is 2.18. The van der Waals surface area contributed by atoms with Crippen LogP contribution in [0.1, 0.15) is 15.9 Å². The molecule has 0 unspecified atom stereocenters. The van der Waals surface area contributed by atoms with Crippen LogP contribution in [-0.4, -0.2) is 12.6 Å². The number of ketones is 1. The van der Waals surface area contributed by atoms with Gasteiger partial charge >= 0.3 is 0 Å². The van der Waals surface area contributed by atoms with Gasteiger partial charge in [0.25, 0.3) is 0 Å². The summed E-state index contributed by atoms with van der Waals surface area (Å²) in [6.07, 6.45) is 3.10. The minimum Gasteiger partial charge on any atom is -0.454 e. The first-order valence-corrected chi connectivity index (χ1v) is 6.69. The molecule has 0 saturated heterocycles. The lowest BCUT2D eigenvalue weighted by Crippen LogP contribution is -2.00. The van der Waals surface area contributed by atoms with E-state index in [1.165, 1.54) is 6.08 Å². The number of carbonyl (C=O) groups is 1. The summed E-state index contributed by atoms with van der Waals surface area (Å²) in [5, 5.41) is 0.584. The van der Waals surface area contributed by atoms with Gasteiger partial charge in [0.1, 0.15) is 0 Å². The number of hydrogen-bond donors (Lipinski definition) is 1. The van der Waals surface area contributed by atoms with Crippen LogP contribution in [0.4, 0.5) is 5.69 Å². The van der Waals surface area contributed by atoms with E-state index >= 15 is 0 Å². The van der Waals surface area contributed by atoms with E-state index in [1.807, 2.05) is 18.2 Å². The highest BCUT2D eigenvalue weighted by atomic mass is 35.5. The Labute approximate surface area is 126 Å². The van der Waals surface area contributed by atoms with Gasteiger partial charge in [-0.05, 0) is 29.8 Å². The Balaban J connectivity index is 1.88. The lowest BCUT2D eigenvalue weighted by atomic mass is 10.1. The molecule has 0 bridgehead atoms. The molecule has 4 nitrogen and oxygen atoms in total. The van der Waals surface area contributed by atoms with Gasteiger partial charge in [0.05, 0.1) is 0 Å². The van der Waals surface area contributed by atoms with Crippen LogP contribution >= 0.6 is 11.6 Å². The molecule has 2 N–H and O–H groups in total. The van der Waals surface area contributed by atoms with Crippen molar-refractivity contribution in [2.75, 3.05) is 12.5 Å². The summed E-state index contributed by atoms with van der Waals surface area (Å²) in [4.78, 5) is 12.2. The van der Waals surface area contributed by atoms with Gasteiger partial charge in [-0.1, -0.05) is 29.8 Å². The second-order valence-corrected chi connectivity index (χ2v) is 4.92. The molecule has 106 valence electrons. The number of fused-ring (bicyclic) bond motifs is 1. The summed E-state index contributed by atoms with van der Waals surface area (Å²) >= 11 is 6.04. The van der Waals surface area contributed by atoms with E-state index in [4.69, 9.17) is 26.8 Å². The van der Waals surface area contributed by atoms with Gasteiger partial charge in [0, 0.05) is 22.3 Å². The fourth-order valence-electron chi connectivity index (χ4n) is 2.04. The van der Waals surface area contributed by atoms with E-state index in [2.05, 4.69) is 0 Å². The number of anilines is 1.